The lowest BCUT2D eigenvalue weighted by molar-refractivity contribution is 0.0279. The maximum atomic E-state index is 13.4. The molecule has 6 rings (SSSR count). The predicted molar refractivity (Wildman–Crippen MR) is 159 cm³/mol. The number of primary amides is 1. The van der Waals surface area contributed by atoms with Gasteiger partial charge in [-0.05, 0) is 96.4 Å². The van der Waals surface area contributed by atoms with Crippen molar-refractivity contribution in [2.24, 2.45) is 11.7 Å². The van der Waals surface area contributed by atoms with Crippen LogP contribution in [-0.4, -0.2) is 73.8 Å². The Bertz CT molecular complexity index is 1460. The van der Waals surface area contributed by atoms with E-state index in [9.17, 15) is 14.7 Å². The molecule has 0 atom stereocenters. The third kappa shape index (κ3) is 6.96. The first-order valence-corrected chi connectivity index (χ1v) is 15.6. The zero-order chi connectivity index (χ0) is 30.1. The van der Waals surface area contributed by atoms with Crippen molar-refractivity contribution in [1.29, 1.82) is 0 Å². The second-order valence-electron chi connectivity index (χ2n) is 13.0. The van der Waals surface area contributed by atoms with Crippen molar-refractivity contribution in [3.63, 3.8) is 0 Å². The zero-order valence-electron chi connectivity index (χ0n) is 25.1. The Balaban J connectivity index is 1.06. The maximum absolute atomic E-state index is 13.4. The van der Waals surface area contributed by atoms with E-state index in [4.69, 9.17) is 15.2 Å². The largest absolute Gasteiger partial charge is 0.489 e. The molecule has 0 spiro atoms. The molecule has 2 saturated carbocycles. The minimum absolute atomic E-state index is 0.00711. The van der Waals surface area contributed by atoms with Gasteiger partial charge in [0, 0.05) is 24.7 Å². The van der Waals surface area contributed by atoms with Gasteiger partial charge in [-0.2, -0.15) is 5.10 Å². The van der Waals surface area contributed by atoms with Gasteiger partial charge in [-0.25, -0.2) is 4.52 Å². The highest BCUT2D eigenvalue weighted by molar-refractivity contribution is 6.01. The van der Waals surface area contributed by atoms with Crippen LogP contribution < -0.4 is 25.8 Å². The highest BCUT2D eigenvalue weighted by atomic mass is 16.5. The van der Waals surface area contributed by atoms with E-state index in [1.807, 2.05) is 16.6 Å². The minimum Gasteiger partial charge on any atom is -0.489 e. The minimum atomic E-state index is -0.951. The van der Waals surface area contributed by atoms with Crippen molar-refractivity contribution in [3.05, 3.63) is 41.3 Å². The van der Waals surface area contributed by atoms with Crippen LogP contribution in [0.3, 0.4) is 0 Å². The van der Waals surface area contributed by atoms with E-state index in [1.54, 1.807) is 30.9 Å². The van der Waals surface area contributed by atoms with Crippen molar-refractivity contribution in [1.82, 2.24) is 30.0 Å². The van der Waals surface area contributed by atoms with Crippen LogP contribution in [0.4, 0.5) is 0 Å². The normalized spacial score (nSPS) is 21.6. The lowest BCUT2D eigenvalue weighted by Gasteiger charge is -2.29. The third-order valence-corrected chi connectivity index (χ3v) is 8.65. The number of hydrogen-bond acceptors (Lipinski definition) is 8. The Morgan fingerprint density at radius 3 is 2.51 bits per heavy atom. The number of pyridine rings is 1. The summed E-state index contributed by atoms with van der Waals surface area (Å²) in [5.74, 6) is 1.15. The molecule has 12 heteroatoms. The average molecular weight is 594 g/mol. The van der Waals surface area contributed by atoms with Gasteiger partial charge in [0.05, 0.1) is 28.6 Å². The molecule has 43 heavy (non-hydrogen) atoms. The highest BCUT2D eigenvalue weighted by Crippen LogP contribution is 2.44. The highest BCUT2D eigenvalue weighted by Gasteiger charge is 2.32. The summed E-state index contributed by atoms with van der Waals surface area (Å²) in [6.45, 7) is 6.32. The van der Waals surface area contributed by atoms with E-state index < -0.39 is 11.5 Å². The molecule has 3 aliphatic rings. The van der Waals surface area contributed by atoms with Crippen LogP contribution in [0.25, 0.3) is 5.52 Å². The van der Waals surface area contributed by atoms with Gasteiger partial charge >= 0.3 is 0 Å². The first-order valence-electron chi connectivity index (χ1n) is 15.6. The molecule has 0 bridgehead atoms. The zero-order valence-corrected chi connectivity index (χ0v) is 25.1. The molecule has 0 unspecified atom stereocenters. The summed E-state index contributed by atoms with van der Waals surface area (Å²) in [7, 11) is 0. The molecule has 3 aromatic heterocycles. The molecular formula is C31H43N7O5. The Kier molecular flexibility index (Phi) is 8.32. The van der Waals surface area contributed by atoms with E-state index in [1.165, 1.54) is 0 Å². The van der Waals surface area contributed by atoms with Crippen molar-refractivity contribution in [2.75, 3.05) is 19.7 Å². The van der Waals surface area contributed by atoms with E-state index in [-0.39, 0.29) is 24.7 Å². The summed E-state index contributed by atoms with van der Waals surface area (Å²) >= 11 is 0. The van der Waals surface area contributed by atoms with Gasteiger partial charge < -0.3 is 30.9 Å². The number of carbonyl (C=O) groups excluding carboxylic acids is 2. The first kappa shape index (κ1) is 29.4. The average Bonchev–Trinajstić information content (AvgIpc) is 3.59. The molecule has 2 aliphatic carbocycles. The van der Waals surface area contributed by atoms with Crippen LogP contribution >= 0.6 is 0 Å². The molecule has 5 N–H and O–H groups in total. The number of hydrogen-bond donors (Lipinski definition) is 4. The van der Waals surface area contributed by atoms with Crippen molar-refractivity contribution >= 4 is 17.3 Å². The fraction of sp³-hybridized carbons (Fsp3) is 0.613. The first-order chi connectivity index (χ1) is 20.6. The van der Waals surface area contributed by atoms with E-state index in [2.05, 4.69) is 20.8 Å². The second kappa shape index (κ2) is 12.2. The maximum Gasteiger partial charge on any atom is 0.255 e. The van der Waals surface area contributed by atoms with Crippen molar-refractivity contribution in [3.8, 4) is 11.6 Å². The number of piperidine rings is 1. The van der Waals surface area contributed by atoms with Crippen LogP contribution in [0.5, 0.6) is 11.6 Å². The lowest BCUT2D eigenvalue weighted by Crippen LogP contribution is -2.39. The summed E-state index contributed by atoms with van der Waals surface area (Å²) in [6, 6.07) is 3.75. The van der Waals surface area contributed by atoms with Crippen LogP contribution in [0.1, 0.15) is 97.5 Å². The van der Waals surface area contributed by atoms with Gasteiger partial charge in [-0.1, -0.05) is 0 Å². The molecule has 1 saturated heterocycles. The number of aromatic nitrogens is 4. The molecule has 3 fully saturated rings. The molecule has 2 amide bonds. The molecule has 1 aliphatic heterocycles. The Labute approximate surface area is 251 Å². The monoisotopic (exact) mass is 593 g/mol. The van der Waals surface area contributed by atoms with Crippen molar-refractivity contribution in [2.45, 2.75) is 95.4 Å². The van der Waals surface area contributed by atoms with Gasteiger partial charge in [0.15, 0.2) is 0 Å². The van der Waals surface area contributed by atoms with Gasteiger partial charge in [-0.15, -0.1) is 5.10 Å². The molecule has 12 nitrogen and oxygen atoms in total. The topological polar surface area (TPSA) is 158 Å². The number of nitrogens with one attached hydrogen (secondary N) is 2. The van der Waals surface area contributed by atoms with Gasteiger partial charge in [0.2, 0.25) is 5.88 Å². The molecule has 0 aromatic carbocycles. The summed E-state index contributed by atoms with van der Waals surface area (Å²) in [5, 5.41) is 25.8. The van der Waals surface area contributed by atoms with Crippen LogP contribution in [-0.2, 0) is 6.54 Å². The van der Waals surface area contributed by atoms with Gasteiger partial charge in [-0.3, -0.25) is 14.3 Å². The van der Waals surface area contributed by atoms with E-state index >= 15 is 0 Å². The second-order valence-corrected chi connectivity index (χ2v) is 13.0. The fourth-order valence-corrected chi connectivity index (χ4v) is 6.16. The van der Waals surface area contributed by atoms with Crippen LogP contribution in [0, 0.1) is 5.92 Å². The summed E-state index contributed by atoms with van der Waals surface area (Å²) in [4.78, 5) is 25.5. The van der Waals surface area contributed by atoms with Crippen LogP contribution in [0.2, 0.25) is 0 Å². The SMILES string of the molecule is CC(C)(O)COc1ccc2c(C(=O)NC3CCC(Oc4nn(CC5CCNCC5)cc4C(N)=O)CC3)cnn2c1C1CC1. The Hall–Kier alpha value is -3.64. The lowest BCUT2D eigenvalue weighted by atomic mass is 9.92. The number of ether oxygens (including phenoxy) is 2. The fourth-order valence-electron chi connectivity index (χ4n) is 6.16. The van der Waals surface area contributed by atoms with E-state index in [0.717, 1.165) is 82.2 Å². The number of rotatable bonds is 11. The van der Waals surface area contributed by atoms with Gasteiger partial charge in [0.1, 0.15) is 24.0 Å². The standard InChI is InChI=1S/C31H43N7O5/c1-31(2,41)18-42-26-10-9-25-23(15-34-38(25)27(26)20-3-4-20)29(40)35-21-5-7-22(8-6-21)43-30-24(28(32)39)17-37(36-30)16-19-11-13-33-14-12-19/h9-10,15,17,19-22,33,41H,3-8,11-14,16,18H2,1-2H3,(H2,32,39)(H,35,40). The number of amides is 2. The van der Waals surface area contributed by atoms with Gasteiger partial charge in [0.25, 0.3) is 11.8 Å². The number of nitrogens with zero attached hydrogens (tertiary/aromatic N) is 4. The number of fused-ring (bicyclic) bond motifs is 1. The molecule has 0 radical (unpaired) electrons. The Morgan fingerprint density at radius 2 is 1.84 bits per heavy atom. The summed E-state index contributed by atoms with van der Waals surface area (Å²) in [6.07, 6.45) is 10.4. The summed E-state index contributed by atoms with van der Waals surface area (Å²) < 4.78 is 15.8. The number of carbonyl (C=O) groups is 2. The third-order valence-electron chi connectivity index (χ3n) is 8.65. The number of aliphatic hydroxyl groups is 1. The molecule has 3 aromatic rings. The Morgan fingerprint density at radius 1 is 1.09 bits per heavy atom. The predicted octanol–water partition coefficient (Wildman–Crippen LogP) is 2.78. The molecule has 232 valence electrons. The smallest absolute Gasteiger partial charge is 0.255 e. The summed E-state index contributed by atoms with van der Waals surface area (Å²) in [5.41, 5.74) is 7.23. The molecule has 4 heterocycles. The van der Waals surface area contributed by atoms with E-state index in [0.29, 0.717) is 34.6 Å². The molecular weight excluding hydrogens is 550 g/mol. The van der Waals surface area contributed by atoms with Crippen LogP contribution in [0.15, 0.2) is 24.5 Å². The number of nitrogens with two attached hydrogens (primary N) is 1. The van der Waals surface area contributed by atoms with Crippen molar-refractivity contribution < 1.29 is 24.2 Å². The quantitative estimate of drug-likeness (QED) is 0.264.